The van der Waals surface area contributed by atoms with Crippen molar-refractivity contribution in [2.75, 3.05) is 6.54 Å². The number of rotatable bonds is 4. The molecule has 0 saturated carbocycles. The van der Waals surface area contributed by atoms with Crippen LogP contribution >= 0.6 is 15.9 Å². The van der Waals surface area contributed by atoms with E-state index in [4.69, 9.17) is 10.5 Å². The molecule has 0 bridgehead atoms. The van der Waals surface area contributed by atoms with Crippen LogP contribution in [0.4, 0.5) is 4.79 Å². The average molecular weight is 343 g/mol. The second-order valence-electron chi connectivity index (χ2n) is 5.93. The summed E-state index contributed by atoms with van der Waals surface area (Å²) in [5.41, 5.74) is 7.87. The fraction of sp³-hybridized carbons (Fsp3) is 0.533. The van der Waals surface area contributed by atoms with Crippen LogP contribution in [0.3, 0.4) is 0 Å². The zero-order chi connectivity index (χ0) is 15.3. The van der Waals surface area contributed by atoms with Crippen molar-refractivity contribution in [2.24, 2.45) is 5.73 Å². The Bertz CT molecular complexity index is 469. The van der Waals surface area contributed by atoms with Crippen molar-refractivity contribution >= 4 is 22.0 Å². The van der Waals surface area contributed by atoms with Gasteiger partial charge in [-0.3, -0.25) is 0 Å². The van der Waals surface area contributed by atoms with Crippen molar-refractivity contribution in [1.29, 1.82) is 0 Å². The van der Waals surface area contributed by atoms with Gasteiger partial charge in [-0.1, -0.05) is 28.1 Å². The molecule has 5 heteroatoms. The Morgan fingerprint density at radius 2 is 2.10 bits per heavy atom. The molecular weight excluding hydrogens is 320 g/mol. The molecule has 112 valence electrons. The molecule has 3 N–H and O–H groups in total. The van der Waals surface area contributed by atoms with E-state index >= 15 is 0 Å². The lowest BCUT2D eigenvalue weighted by Crippen LogP contribution is -2.41. The maximum absolute atomic E-state index is 11.5. The molecule has 20 heavy (non-hydrogen) atoms. The summed E-state index contributed by atoms with van der Waals surface area (Å²) in [5, 5.41) is 2.69. The third kappa shape index (κ3) is 6.39. The van der Waals surface area contributed by atoms with Crippen LogP contribution in [-0.2, 0) is 11.2 Å². The van der Waals surface area contributed by atoms with Gasteiger partial charge in [0.15, 0.2) is 0 Å². The van der Waals surface area contributed by atoms with Crippen molar-refractivity contribution < 1.29 is 9.53 Å². The van der Waals surface area contributed by atoms with E-state index in [1.54, 1.807) is 0 Å². The van der Waals surface area contributed by atoms with E-state index in [9.17, 15) is 4.79 Å². The smallest absolute Gasteiger partial charge is 0.407 e. The second-order valence-corrected chi connectivity index (χ2v) is 6.78. The molecule has 1 unspecified atom stereocenters. The van der Waals surface area contributed by atoms with Crippen LogP contribution in [0.15, 0.2) is 22.7 Å². The van der Waals surface area contributed by atoms with Gasteiger partial charge in [0.25, 0.3) is 0 Å². The van der Waals surface area contributed by atoms with Crippen LogP contribution in [0.2, 0.25) is 0 Å². The number of benzene rings is 1. The molecule has 0 fully saturated rings. The molecule has 1 amide bonds. The highest BCUT2D eigenvalue weighted by molar-refractivity contribution is 9.10. The molecule has 0 heterocycles. The quantitative estimate of drug-likeness (QED) is 0.883. The lowest BCUT2D eigenvalue weighted by atomic mass is 10.0. The van der Waals surface area contributed by atoms with Gasteiger partial charge in [-0.2, -0.15) is 0 Å². The van der Waals surface area contributed by atoms with Crippen molar-refractivity contribution in [3.63, 3.8) is 0 Å². The van der Waals surface area contributed by atoms with Gasteiger partial charge in [0.05, 0.1) is 0 Å². The third-order valence-electron chi connectivity index (χ3n) is 2.63. The lowest BCUT2D eigenvalue weighted by Gasteiger charge is -2.21. The van der Waals surface area contributed by atoms with Gasteiger partial charge in [-0.05, 0) is 51.3 Å². The molecule has 1 atom stereocenters. The highest BCUT2D eigenvalue weighted by Crippen LogP contribution is 2.17. The zero-order valence-corrected chi connectivity index (χ0v) is 14.1. The van der Waals surface area contributed by atoms with E-state index in [1.165, 1.54) is 5.56 Å². The van der Waals surface area contributed by atoms with Gasteiger partial charge in [0.1, 0.15) is 5.60 Å². The minimum atomic E-state index is -0.489. The molecule has 4 nitrogen and oxygen atoms in total. The first-order chi connectivity index (χ1) is 9.17. The Hall–Kier alpha value is -1.07. The number of halogens is 1. The number of nitrogens with one attached hydrogen (secondary N) is 1. The van der Waals surface area contributed by atoms with E-state index in [-0.39, 0.29) is 6.04 Å². The Balaban J connectivity index is 2.42. The molecular formula is C15H23BrN2O2. The summed E-state index contributed by atoms with van der Waals surface area (Å²) >= 11 is 3.47. The molecule has 1 rings (SSSR count). The van der Waals surface area contributed by atoms with Gasteiger partial charge >= 0.3 is 6.09 Å². The number of nitrogens with two attached hydrogens (primary N) is 1. The number of aryl methyl sites for hydroxylation is 1. The molecule has 0 radical (unpaired) electrons. The zero-order valence-electron chi connectivity index (χ0n) is 12.5. The Morgan fingerprint density at radius 3 is 2.65 bits per heavy atom. The summed E-state index contributed by atoms with van der Waals surface area (Å²) in [6.45, 7) is 7.92. The van der Waals surface area contributed by atoms with Crippen molar-refractivity contribution in [1.82, 2.24) is 5.32 Å². The topological polar surface area (TPSA) is 64.3 Å². The number of hydrogen-bond donors (Lipinski definition) is 2. The Morgan fingerprint density at radius 1 is 1.45 bits per heavy atom. The summed E-state index contributed by atoms with van der Waals surface area (Å²) in [6, 6.07) is 6.00. The number of ether oxygens (including phenoxy) is 1. The number of alkyl carbamates (subject to hydrolysis) is 1. The van der Waals surface area contributed by atoms with Gasteiger partial charge in [0.2, 0.25) is 0 Å². The predicted molar refractivity (Wildman–Crippen MR) is 84.8 cm³/mol. The molecule has 1 aromatic rings. The second kappa shape index (κ2) is 7.09. The summed E-state index contributed by atoms with van der Waals surface area (Å²) in [5.74, 6) is 0. The summed E-state index contributed by atoms with van der Waals surface area (Å²) in [7, 11) is 0. The molecule has 0 aromatic heterocycles. The average Bonchev–Trinajstić information content (AvgIpc) is 2.29. The van der Waals surface area contributed by atoms with E-state index in [0.29, 0.717) is 13.0 Å². The molecule has 1 aromatic carbocycles. The molecule has 0 aliphatic rings. The molecule has 0 spiro atoms. The van der Waals surface area contributed by atoms with Crippen LogP contribution in [0.1, 0.15) is 31.9 Å². The summed E-state index contributed by atoms with van der Waals surface area (Å²) in [4.78, 5) is 11.5. The summed E-state index contributed by atoms with van der Waals surface area (Å²) < 4.78 is 6.25. The van der Waals surface area contributed by atoms with Crippen LogP contribution in [-0.4, -0.2) is 24.3 Å². The molecule has 0 aliphatic heterocycles. The maximum atomic E-state index is 11.5. The summed E-state index contributed by atoms with van der Waals surface area (Å²) in [6.07, 6.45) is 0.282. The van der Waals surface area contributed by atoms with Gasteiger partial charge < -0.3 is 15.8 Å². The monoisotopic (exact) mass is 342 g/mol. The number of amides is 1. The number of hydrogen-bond acceptors (Lipinski definition) is 3. The maximum Gasteiger partial charge on any atom is 0.407 e. The predicted octanol–water partition coefficient (Wildman–Crippen LogP) is 3.15. The Labute approximate surface area is 129 Å². The fourth-order valence-corrected chi connectivity index (χ4v) is 1.98. The number of carbonyl (C=O) groups is 1. The van der Waals surface area contributed by atoms with E-state index in [0.717, 1.165) is 10.0 Å². The minimum absolute atomic E-state index is 0.136. The van der Waals surface area contributed by atoms with E-state index in [2.05, 4.69) is 27.3 Å². The van der Waals surface area contributed by atoms with Gasteiger partial charge in [-0.25, -0.2) is 4.79 Å². The van der Waals surface area contributed by atoms with Crippen LogP contribution in [0.5, 0.6) is 0 Å². The van der Waals surface area contributed by atoms with Crippen LogP contribution in [0.25, 0.3) is 0 Å². The van der Waals surface area contributed by atoms with E-state index in [1.807, 2.05) is 39.8 Å². The molecule has 0 aliphatic carbocycles. The molecule has 0 saturated heterocycles. The third-order valence-corrected chi connectivity index (χ3v) is 3.52. The minimum Gasteiger partial charge on any atom is -0.444 e. The van der Waals surface area contributed by atoms with Crippen molar-refractivity contribution in [3.05, 3.63) is 33.8 Å². The first kappa shape index (κ1) is 17.0. The first-order valence-electron chi connectivity index (χ1n) is 6.65. The van der Waals surface area contributed by atoms with Crippen LogP contribution < -0.4 is 11.1 Å². The van der Waals surface area contributed by atoms with Gasteiger partial charge in [-0.15, -0.1) is 0 Å². The fourth-order valence-electron chi connectivity index (χ4n) is 1.74. The van der Waals surface area contributed by atoms with Crippen LogP contribution in [0, 0.1) is 6.92 Å². The first-order valence-corrected chi connectivity index (χ1v) is 7.44. The highest BCUT2D eigenvalue weighted by atomic mass is 79.9. The van der Waals surface area contributed by atoms with E-state index < -0.39 is 11.7 Å². The van der Waals surface area contributed by atoms with Crippen molar-refractivity contribution in [3.8, 4) is 0 Å². The standard InChI is InChI=1S/C15H23BrN2O2/c1-10-7-11(5-6-13(10)16)8-12(17)9-18-14(19)20-15(2,3)4/h5-7,12H,8-9,17H2,1-4H3,(H,18,19). The largest absolute Gasteiger partial charge is 0.444 e. The lowest BCUT2D eigenvalue weighted by molar-refractivity contribution is 0.0524. The highest BCUT2D eigenvalue weighted by Gasteiger charge is 2.16. The van der Waals surface area contributed by atoms with Crippen molar-refractivity contribution in [2.45, 2.75) is 45.8 Å². The number of carbonyl (C=O) groups excluding carboxylic acids is 1. The SMILES string of the molecule is Cc1cc(CC(N)CNC(=O)OC(C)(C)C)ccc1Br. The Kier molecular flexibility index (Phi) is 6.02. The van der Waals surface area contributed by atoms with Gasteiger partial charge in [0, 0.05) is 17.1 Å². The normalized spacial score (nSPS) is 12.9.